The number of nitrogens with one attached hydrogen (secondary N) is 1. The Morgan fingerprint density at radius 1 is 1.19 bits per heavy atom. The quantitative estimate of drug-likeness (QED) is 0.712. The number of methoxy groups -OCH3 is 1. The third-order valence-corrected chi connectivity index (χ3v) is 3.18. The van der Waals surface area contributed by atoms with Crippen LogP contribution in [0.4, 0.5) is 0 Å². The van der Waals surface area contributed by atoms with E-state index in [1.54, 1.807) is 7.11 Å². The minimum Gasteiger partial charge on any atom is -0.497 e. The molecule has 0 atom stereocenters. The van der Waals surface area contributed by atoms with Crippen molar-refractivity contribution in [3.05, 3.63) is 29.8 Å². The molecule has 0 spiro atoms. The van der Waals surface area contributed by atoms with Crippen molar-refractivity contribution < 1.29 is 4.74 Å². The molecule has 88 valence electrons. The normalized spacial score (nSPS) is 15.1. The van der Waals surface area contributed by atoms with Gasteiger partial charge in [0, 0.05) is 0 Å². The van der Waals surface area contributed by atoms with Crippen LogP contribution in [0.5, 0.6) is 5.75 Å². The lowest BCUT2D eigenvalue weighted by molar-refractivity contribution is 0.414. The van der Waals surface area contributed by atoms with Crippen LogP contribution in [0, 0.1) is 5.92 Å². The highest BCUT2D eigenvalue weighted by atomic mass is 16.5. The Balaban J connectivity index is 1.60. The molecule has 0 aliphatic heterocycles. The van der Waals surface area contributed by atoms with Gasteiger partial charge in [-0.3, -0.25) is 0 Å². The molecule has 1 aromatic carbocycles. The van der Waals surface area contributed by atoms with Crippen LogP contribution in [0.1, 0.15) is 24.8 Å². The predicted molar refractivity (Wildman–Crippen MR) is 66.9 cm³/mol. The van der Waals surface area contributed by atoms with Crippen molar-refractivity contribution in [1.29, 1.82) is 0 Å². The molecule has 2 heteroatoms. The second-order valence-corrected chi connectivity index (χ2v) is 4.58. The smallest absolute Gasteiger partial charge is 0.118 e. The van der Waals surface area contributed by atoms with Crippen LogP contribution in [0.2, 0.25) is 0 Å². The van der Waals surface area contributed by atoms with Crippen LogP contribution in [-0.2, 0) is 6.42 Å². The van der Waals surface area contributed by atoms with Gasteiger partial charge in [0.05, 0.1) is 7.11 Å². The minimum atomic E-state index is 0.936. The third-order valence-electron chi connectivity index (χ3n) is 3.18. The van der Waals surface area contributed by atoms with Crippen LogP contribution in [0.3, 0.4) is 0 Å². The number of rotatable bonds is 7. The first-order chi connectivity index (χ1) is 7.88. The van der Waals surface area contributed by atoms with Crippen LogP contribution in [0.25, 0.3) is 0 Å². The Labute approximate surface area is 98.0 Å². The number of ether oxygens (including phenoxy) is 1. The summed E-state index contributed by atoms with van der Waals surface area (Å²) in [4.78, 5) is 0. The summed E-state index contributed by atoms with van der Waals surface area (Å²) in [6, 6.07) is 8.34. The SMILES string of the molecule is COc1ccc(CCNCCC2CC2)cc1. The van der Waals surface area contributed by atoms with Crippen LogP contribution >= 0.6 is 0 Å². The second-order valence-electron chi connectivity index (χ2n) is 4.58. The zero-order chi connectivity index (χ0) is 11.2. The maximum absolute atomic E-state index is 5.13. The van der Waals surface area contributed by atoms with Crippen LogP contribution in [-0.4, -0.2) is 20.2 Å². The van der Waals surface area contributed by atoms with Crippen LogP contribution in [0.15, 0.2) is 24.3 Å². The molecule has 2 rings (SSSR count). The van der Waals surface area contributed by atoms with Gasteiger partial charge in [-0.05, 0) is 49.5 Å². The second kappa shape index (κ2) is 5.90. The summed E-state index contributed by atoms with van der Waals surface area (Å²) >= 11 is 0. The van der Waals surface area contributed by atoms with Crippen LogP contribution < -0.4 is 10.1 Å². The van der Waals surface area contributed by atoms with Crippen molar-refractivity contribution in [2.24, 2.45) is 5.92 Å². The molecule has 0 amide bonds. The summed E-state index contributed by atoms with van der Waals surface area (Å²) < 4.78 is 5.13. The van der Waals surface area contributed by atoms with Crippen molar-refractivity contribution in [1.82, 2.24) is 5.32 Å². The van der Waals surface area contributed by atoms with E-state index in [4.69, 9.17) is 4.74 Å². The maximum Gasteiger partial charge on any atom is 0.118 e. The fraction of sp³-hybridized carbons (Fsp3) is 0.571. The van der Waals surface area contributed by atoms with E-state index in [1.807, 2.05) is 12.1 Å². The van der Waals surface area contributed by atoms with Gasteiger partial charge >= 0.3 is 0 Å². The summed E-state index contributed by atoms with van der Waals surface area (Å²) in [6.45, 7) is 2.26. The standard InChI is InChI=1S/C14H21NO/c1-16-14-6-4-13(5-7-14)9-11-15-10-8-12-2-3-12/h4-7,12,15H,2-3,8-11H2,1H3. The molecule has 0 bridgehead atoms. The van der Waals surface area contributed by atoms with Crippen molar-refractivity contribution in [2.75, 3.05) is 20.2 Å². The van der Waals surface area contributed by atoms with Gasteiger partial charge in [0.15, 0.2) is 0 Å². The van der Waals surface area contributed by atoms with Gasteiger partial charge in [-0.15, -0.1) is 0 Å². The van der Waals surface area contributed by atoms with Crippen molar-refractivity contribution in [2.45, 2.75) is 25.7 Å². The number of hydrogen-bond acceptors (Lipinski definition) is 2. The Bertz CT molecular complexity index is 303. The molecule has 0 aromatic heterocycles. The average molecular weight is 219 g/mol. The Hall–Kier alpha value is -1.02. The van der Waals surface area contributed by atoms with Gasteiger partial charge < -0.3 is 10.1 Å². The molecule has 0 unspecified atom stereocenters. The van der Waals surface area contributed by atoms with E-state index in [0.29, 0.717) is 0 Å². The Morgan fingerprint density at radius 2 is 1.94 bits per heavy atom. The fourth-order valence-electron chi connectivity index (χ4n) is 1.86. The maximum atomic E-state index is 5.13. The zero-order valence-corrected chi connectivity index (χ0v) is 10.0. The van der Waals surface area contributed by atoms with E-state index < -0.39 is 0 Å². The molecular weight excluding hydrogens is 198 g/mol. The zero-order valence-electron chi connectivity index (χ0n) is 10.0. The monoisotopic (exact) mass is 219 g/mol. The summed E-state index contributed by atoms with van der Waals surface area (Å²) in [5.41, 5.74) is 1.37. The van der Waals surface area contributed by atoms with E-state index in [9.17, 15) is 0 Å². The fourth-order valence-corrected chi connectivity index (χ4v) is 1.86. The molecule has 1 N–H and O–H groups in total. The molecule has 0 heterocycles. The summed E-state index contributed by atoms with van der Waals surface area (Å²) in [7, 11) is 1.70. The van der Waals surface area contributed by atoms with Gasteiger partial charge in [0.25, 0.3) is 0 Å². The summed E-state index contributed by atoms with van der Waals surface area (Å²) in [5.74, 6) is 1.97. The first-order valence-electron chi connectivity index (χ1n) is 6.22. The highest BCUT2D eigenvalue weighted by Crippen LogP contribution is 2.31. The molecule has 1 fully saturated rings. The molecule has 0 saturated heterocycles. The Kier molecular flexibility index (Phi) is 4.23. The molecule has 1 aromatic rings. The van der Waals surface area contributed by atoms with E-state index in [1.165, 1.54) is 31.4 Å². The van der Waals surface area contributed by atoms with Gasteiger partial charge in [0.2, 0.25) is 0 Å². The number of benzene rings is 1. The molecule has 1 saturated carbocycles. The largest absolute Gasteiger partial charge is 0.497 e. The molecule has 1 aliphatic rings. The topological polar surface area (TPSA) is 21.3 Å². The molecule has 0 radical (unpaired) electrons. The predicted octanol–water partition coefficient (Wildman–Crippen LogP) is 2.63. The highest BCUT2D eigenvalue weighted by molar-refractivity contribution is 5.27. The third kappa shape index (κ3) is 3.86. The van der Waals surface area contributed by atoms with Gasteiger partial charge in [-0.1, -0.05) is 25.0 Å². The Morgan fingerprint density at radius 3 is 2.56 bits per heavy atom. The lowest BCUT2D eigenvalue weighted by Gasteiger charge is -2.05. The minimum absolute atomic E-state index is 0.936. The van der Waals surface area contributed by atoms with Crippen molar-refractivity contribution in [3.63, 3.8) is 0 Å². The average Bonchev–Trinajstić information content (AvgIpc) is 3.13. The van der Waals surface area contributed by atoms with E-state index >= 15 is 0 Å². The molecule has 1 aliphatic carbocycles. The van der Waals surface area contributed by atoms with E-state index in [0.717, 1.165) is 24.6 Å². The lowest BCUT2D eigenvalue weighted by atomic mass is 10.1. The van der Waals surface area contributed by atoms with E-state index in [-0.39, 0.29) is 0 Å². The van der Waals surface area contributed by atoms with Crippen molar-refractivity contribution in [3.8, 4) is 5.75 Å². The summed E-state index contributed by atoms with van der Waals surface area (Å²) in [5, 5.41) is 3.50. The summed E-state index contributed by atoms with van der Waals surface area (Å²) in [6.07, 6.45) is 5.39. The highest BCUT2D eigenvalue weighted by Gasteiger charge is 2.19. The number of hydrogen-bond donors (Lipinski definition) is 1. The van der Waals surface area contributed by atoms with Crippen molar-refractivity contribution >= 4 is 0 Å². The van der Waals surface area contributed by atoms with Gasteiger partial charge in [-0.25, -0.2) is 0 Å². The first kappa shape index (κ1) is 11.5. The van der Waals surface area contributed by atoms with E-state index in [2.05, 4.69) is 17.4 Å². The lowest BCUT2D eigenvalue weighted by Crippen LogP contribution is -2.18. The van der Waals surface area contributed by atoms with Gasteiger partial charge in [0.1, 0.15) is 5.75 Å². The molecule has 2 nitrogen and oxygen atoms in total. The molecular formula is C14H21NO. The molecule has 16 heavy (non-hydrogen) atoms. The van der Waals surface area contributed by atoms with Gasteiger partial charge in [-0.2, -0.15) is 0 Å². The first-order valence-corrected chi connectivity index (χ1v) is 6.22.